The SMILES string of the molecule is CCc1nn(C)c(CC)c1CNC(=O)NC1CC1C. The number of amides is 2. The van der Waals surface area contributed by atoms with Gasteiger partial charge >= 0.3 is 6.03 Å². The minimum atomic E-state index is -0.0673. The topological polar surface area (TPSA) is 59.0 Å². The molecule has 1 aromatic heterocycles. The van der Waals surface area contributed by atoms with E-state index in [9.17, 15) is 4.79 Å². The highest BCUT2D eigenvalue weighted by Crippen LogP contribution is 2.28. The summed E-state index contributed by atoms with van der Waals surface area (Å²) in [5.74, 6) is 0.626. The van der Waals surface area contributed by atoms with Gasteiger partial charge in [-0.3, -0.25) is 4.68 Å². The van der Waals surface area contributed by atoms with Gasteiger partial charge in [-0.05, 0) is 25.2 Å². The molecule has 1 aliphatic carbocycles. The molecule has 1 saturated carbocycles. The van der Waals surface area contributed by atoms with Gasteiger partial charge in [-0.2, -0.15) is 5.10 Å². The lowest BCUT2D eigenvalue weighted by Gasteiger charge is -2.08. The van der Waals surface area contributed by atoms with E-state index in [0.717, 1.165) is 25.0 Å². The second-order valence-electron chi connectivity index (χ2n) is 5.35. The fourth-order valence-corrected chi connectivity index (χ4v) is 2.51. The Morgan fingerprint density at radius 1 is 1.42 bits per heavy atom. The van der Waals surface area contributed by atoms with E-state index >= 15 is 0 Å². The molecule has 2 rings (SSSR count). The predicted octanol–water partition coefficient (Wildman–Crippen LogP) is 1.75. The zero-order valence-electron chi connectivity index (χ0n) is 12.3. The predicted molar refractivity (Wildman–Crippen MR) is 74.9 cm³/mol. The normalized spacial score (nSPS) is 21.3. The van der Waals surface area contributed by atoms with Crippen molar-refractivity contribution in [1.29, 1.82) is 0 Å². The molecule has 2 N–H and O–H groups in total. The summed E-state index contributed by atoms with van der Waals surface area (Å²) in [6, 6.07) is 0.299. The Morgan fingerprint density at radius 3 is 2.63 bits per heavy atom. The zero-order valence-corrected chi connectivity index (χ0v) is 12.3. The average Bonchev–Trinajstić information content (AvgIpc) is 2.96. The maximum Gasteiger partial charge on any atom is 0.315 e. The summed E-state index contributed by atoms with van der Waals surface area (Å²) in [6.07, 6.45) is 2.93. The van der Waals surface area contributed by atoms with Gasteiger partial charge < -0.3 is 10.6 Å². The fraction of sp³-hybridized carbons (Fsp3) is 0.714. The lowest BCUT2D eigenvalue weighted by molar-refractivity contribution is 0.239. The van der Waals surface area contributed by atoms with Crippen LogP contribution in [-0.4, -0.2) is 21.9 Å². The number of rotatable bonds is 5. The summed E-state index contributed by atoms with van der Waals surface area (Å²) in [4.78, 5) is 11.8. The van der Waals surface area contributed by atoms with Crippen molar-refractivity contribution in [3.63, 3.8) is 0 Å². The molecule has 2 unspecified atom stereocenters. The molecule has 0 aliphatic heterocycles. The molecule has 0 bridgehead atoms. The Bertz CT molecular complexity index is 466. The minimum Gasteiger partial charge on any atom is -0.335 e. The van der Waals surface area contributed by atoms with E-state index in [0.29, 0.717) is 18.5 Å². The molecular formula is C14H24N4O. The molecule has 0 radical (unpaired) electrons. The third-order valence-electron chi connectivity index (χ3n) is 3.88. The maximum absolute atomic E-state index is 11.8. The number of hydrogen-bond acceptors (Lipinski definition) is 2. The number of aryl methyl sites for hydroxylation is 2. The molecule has 1 aliphatic rings. The summed E-state index contributed by atoms with van der Waals surface area (Å²) >= 11 is 0. The first kappa shape index (κ1) is 13.9. The first-order chi connectivity index (χ1) is 9.06. The number of hydrogen-bond donors (Lipinski definition) is 2. The van der Waals surface area contributed by atoms with Gasteiger partial charge in [-0.1, -0.05) is 20.8 Å². The molecular weight excluding hydrogens is 240 g/mol. The van der Waals surface area contributed by atoms with Crippen LogP contribution in [0.15, 0.2) is 0 Å². The lowest BCUT2D eigenvalue weighted by Crippen LogP contribution is -2.37. The van der Waals surface area contributed by atoms with Crippen molar-refractivity contribution in [2.75, 3.05) is 0 Å². The maximum atomic E-state index is 11.8. The highest BCUT2D eigenvalue weighted by molar-refractivity contribution is 5.74. The van der Waals surface area contributed by atoms with Crippen LogP contribution in [0.5, 0.6) is 0 Å². The third-order valence-corrected chi connectivity index (χ3v) is 3.88. The molecule has 0 spiro atoms. The Morgan fingerprint density at radius 2 is 2.11 bits per heavy atom. The zero-order chi connectivity index (χ0) is 14.0. The van der Waals surface area contributed by atoms with Crippen LogP contribution >= 0.6 is 0 Å². The van der Waals surface area contributed by atoms with E-state index < -0.39 is 0 Å². The van der Waals surface area contributed by atoms with Gasteiger partial charge in [0.05, 0.1) is 5.69 Å². The number of nitrogens with one attached hydrogen (secondary N) is 2. The van der Waals surface area contributed by atoms with Gasteiger partial charge in [0.15, 0.2) is 0 Å². The van der Waals surface area contributed by atoms with Crippen LogP contribution in [0.1, 0.15) is 44.1 Å². The van der Waals surface area contributed by atoms with E-state index in [1.165, 1.54) is 11.3 Å². The summed E-state index contributed by atoms with van der Waals surface area (Å²) < 4.78 is 1.93. The molecule has 2 amide bonds. The van der Waals surface area contributed by atoms with Gasteiger partial charge in [0.25, 0.3) is 0 Å². The van der Waals surface area contributed by atoms with Gasteiger partial charge in [0, 0.05) is 30.9 Å². The standard InChI is InChI=1S/C14H24N4O/c1-5-11-10(13(6-2)18(4)17-11)8-15-14(19)16-12-7-9(12)3/h9,12H,5-8H2,1-4H3,(H2,15,16,19). The van der Waals surface area contributed by atoms with E-state index in [2.05, 4.69) is 36.5 Å². The molecule has 1 fully saturated rings. The molecule has 5 nitrogen and oxygen atoms in total. The Balaban J connectivity index is 1.96. The van der Waals surface area contributed by atoms with Gasteiger partial charge in [0.2, 0.25) is 0 Å². The molecule has 1 heterocycles. The van der Waals surface area contributed by atoms with Crippen LogP contribution < -0.4 is 10.6 Å². The van der Waals surface area contributed by atoms with Crippen molar-refractivity contribution >= 4 is 6.03 Å². The van der Waals surface area contributed by atoms with Crippen LogP contribution in [0.25, 0.3) is 0 Å². The van der Waals surface area contributed by atoms with Gasteiger partial charge in [-0.15, -0.1) is 0 Å². The fourth-order valence-electron chi connectivity index (χ4n) is 2.51. The number of nitrogens with zero attached hydrogens (tertiary/aromatic N) is 2. The second kappa shape index (κ2) is 5.63. The lowest BCUT2D eigenvalue weighted by atomic mass is 10.1. The molecule has 1 aromatic rings. The number of urea groups is 1. The minimum absolute atomic E-state index is 0.0673. The van der Waals surface area contributed by atoms with E-state index in [-0.39, 0.29) is 6.03 Å². The average molecular weight is 264 g/mol. The molecule has 0 aromatic carbocycles. The molecule has 5 heteroatoms. The van der Waals surface area contributed by atoms with E-state index in [4.69, 9.17) is 0 Å². The van der Waals surface area contributed by atoms with Crippen molar-refractivity contribution in [3.8, 4) is 0 Å². The monoisotopic (exact) mass is 264 g/mol. The Hall–Kier alpha value is -1.52. The summed E-state index contributed by atoms with van der Waals surface area (Å²) in [7, 11) is 1.97. The van der Waals surface area contributed by atoms with Gasteiger partial charge in [-0.25, -0.2) is 4.79 Å². The third kappa shape index (κ3) is 3.08. The van der Waals surface area contributed by atoms with Crippen LogP contribution in [0.4, 0.5) is 4.79 Å². The van der Waals surface area contributed by atoms with Crippen molar-refractivity contribution < 1.29 is 4.79 Å². The summed E-state index contributed by atoms with van der Waals surface area (Å²) in [5.41, 5.74) is 3.46. The molecule has 19 heavy (non-hydrogen) atoms. The Labute approximate surface area is 114 Å². The highest BCUT2D eigenvalue weighted by atomic mass is 16.2. The number of aromatic nitrogens is 2. The summed E-state index contributed by atoms with van der Waals surface area (Å²) in [5, 5.41) is 10.4. The van der Waals surface area contributed by atoms with Crippen LogP contribution in [0.2, 0.25) is 0 Å². The van der Waals surface area contributed by atoms with Crippen molar-refractivity contribution in [2.45, 2.75) is 52.6 Å². The van der Waals surface area contributed by atoms with Crippen molar-refractivity contribution in [1.82, 2.24) is 20.4 Å². The highest BCUT2D eigenvalue weighted by Gasteiger charge is 2.33. The summed E-state index contributed by atoms with van der Waals surface area (Å²) in [6.45, 7) is 6.92. The van der Waals surface area contributed by atoms with Crippen molar-refractivity contribution in [3.05, 3.63) is 17.0 Å². The molecule has 0 saturated heterocycles. The van der Waals surface area contributed by atoms with Gasteiger partial charge in [0.1, 0.15) is 0 Å². The van der Waals surface area contributed by atoms with E-state index in [1.54, 1.807) is 0 Å². The molecule has 2 atom stereocenters. The smallest absolute Gasteiger partial charge is 0.315 e. The molecule has 106 valence electrons. The second-order valence-corrected chi connectivity index (χ2v) is 5.35. The van der Waals surface area contributed by atoms with Crippen LogP contribution in [-0.2, 0) is 26.4 Å². The largest absolute Gasteiger partial charge is 0.335 e. The quantitative estimate of drug-likeness (QED) is 0.851. The van der Waals surface area contributed by atoms with Crippen LogP contribution in [0.3, 0.4) is 0 Å². The first-order valence-electron chi connectivity index (χ1n) is 7.14. The van der Waals surface area contributed by atoms with Crippen LogP contribution in [0, 0.1) is 5.92 Å². The first-order valence-corrected chi connectivity index (χ1v) is 7.14. The number of carbonyl (C=O) groups excluding carboxylic acids is 1. The number of carbonyl (C=O) groups is 1. The van der Waals surface area contributed by atoms with E-state index in [1.807, 2.05) is 11.7 Å². The van der Waals surface area contributed by atoms with Crippen molar-refractivity contribution in [2.24, 2.45) is 13.0 Å². The Kier molecular flexibility index (Phi) is 4.12.